The molecule has 33 heavy (non-hydrogen) atoms. The number of amides is 1. The highest BCUT2D eigenvalue weighted by Gasteiger charge is 2.30. The molecule has 3 aromatic carbocycles. The molecule has 0 saturated heterocycles. The minimum absolute atomic E-state index is 0.253. The summed E-state index contributed by atoms with van der Waals surface area (Å²) in [6.07, 6.45) is 0. The number of nitrogens with one attached hydrogen (secondary N) is 1. The zero-order chi connectivity index (χ0) is 23.3. The second-order valence-corrected chi connectivity index (χ2v) is 9.57. The van der Waals surface area contributed by atoms with Gasteiger partial charge in [0.15, 0.2) is 0 Å². The van der Waals surface area contributed by atoms with Crippen molar-refractivity contribution in [1.29, 1.82) is 0 Å². The molecule has 0 fully saturated rings. The number of carbonyl (C=O) groups is 1. The van der Waals surface area contributed by atoms with Gasteiger partial charge in [0.25, 0.3) is 5.56 Å². The molecule has 0 bridgehead atoms. The summed E-state index contributed by atoms with van der Waals surface area (Å²) >= 11 is 6.18. The average Bonchev–Trinajstić information content (AvgIpc) is 3.15. The van der Waals surface area contributed by atoms with Crippen LogP contribution in [0.4, 0.5) is 0 Å². The van der Waals surface area contributed by atoms with Gasteiger partial charge in [-0.15, -0.1) is 0 Å². The van der Waals surface area contributed by atoms with Crippen molar-refractivity contribution in [3.8, 4) is 0 Å². The fraction of sp³-hybridized carbons (Fsp3) is 0.192. The van der Waals surface area contributed by atoms with Crippen LogP contribution in [0.5, 0.6) is 0 Å². The van der Waals surface area contributed by atoms with Crippen LogP contribution < -0.4 is 10.9 Å². The van der Waals surface area contributed by atoms with E-state index in [4.69, 9.17) is 11.6 Å². The van der Waals surface area contributed by atoms with Crippen molar-refractivity contribution in [1.82, 2.24) is 19.5 Å². The number of aromatic nitrogens is 3. The third kappa shape index (κ3) is 3.66. The Hall–Kier alpha value is -3.64. The molecule has 0 saturated carbocycles. The van der Waals surface area contributed by atoms with Crippen LogP contribution in [0.2, 0.25) is 5.02 Å². The van der Waals surface area contributed by atoms with Crippen LogP contribution in [0.15, 0.2) is 77.6 Å². The lowest BCUT2D eigenvalue weighted by atomic mass is 10.0. The van der Waals surface area contributed by atoms with E-state index in [0.717, 1.165) is 11.1 Å². The summed E-state index contributed by atoms with van der Waals surface area (Å²) in [7, 11) is 0. The van der Waals surface area contributed by atoms with Crippen LogP contribution in [0.25, 0.3) is 27.5 Å². The Balaban J connectivity index is 1.91. The summed E-state index contributed by atoms with van der Waals surface area (Å²) in [6, 6.07) is 21.3. The number of benzene rings is 3. The van der Waals surface area contributed by atoms with Crippen LogP contribution in [-0.2, 0) is 4.79 Å². The largest absolute Gasteiger partial charge is 0.349 e. The standard InChI is InChI=1S/C26H23ClN4O2/c1-26(2,3)28-24(32)22(16-9-5-4-6-10-16)30-20-11-7-8-12-21(20)31-23(25(30)33)18-14-13-17(27)15-19(18)29-31/h4-15,22H,1-3H3,(H,28,32). The van der Waals surface area contributed by atoms with Crippen molar-refractivity contribution in [3.63, 3.8) is 0 Å². The highest BCUT2D eigenvalue weighted by atomic mass is 35.5. The fourth-order valence-corrected chi connectivity index (χ4v) is 4.42. The van der Waals surface area contributed by atoms with Gasteiger partial charge < -0.3 is 5.32 Å². The second-order valence-electron chi connectivity index (χ2n) is 9.14. The number of para-hydroxylation sites is 2. The third-order valence-corrected chi connectivity index (χ3v) is 5.78. The minimum atomic E-state index is -0.856. The lowest BCUT2D eigenvalue weighted by Crippen LogP contribution is -2.46. The number of hydrogen-bond donors (Lipinski definition) is 1. The van der Waals surface area contributed by atoms with Crippen LogP contribution in [0.1, 0.15) is 32.4 Å². The molecule has 166 valence electrons. The first kappa shape index (κ1) is 21.2. The monoisotopic (exact) mass is 458 g/mol. The normalized spacial score (nSPS) is 13.0. The van der Waals surface area contributed by atoms with E-state index in [-0.39, 0.29) is 11.5 Å². The Bertz CT molecular complexity index is 1580. The lowest BCUT2D eigenvalue weighted by Gasteiger charge is -2.27. The van der Waals surface area contributed by atoms with Crippen LogP contribution in [0.3, 0.4) is 0 Å². The Morgan fingerprint density at radius 2 is 1.64 bits per heavy atom. The molecule has 0 radical (unpaired) electrons. The Morgan fingerprint density at radius 3 is 2.33 bits per heavy atom. The highest BCUT2D eigenvalue weighted by Crippen LogP contribution is 2.28. The van der Waals surface area contributed by atoms with Gasteiger partial charge in [0.1, 0.15) is 11.6 Å². The van der Waals surface area contributed by atoms with Gasteiger partial charge in [-0.25, -0.2) is 4.52 Å². The predicted octanol–water partition coefficient (Wildman–Crippen LogP) is 4.96. The van der Waals surface area contributed by atoms with E-state index in [2.05, 4.69) is 10.4 Å². The zero-order valence-corrected chi connectivity index (χ0v) is 19.3. The quantitative estimate of drug-likeness (QED) is 0.415. The third-order valence-electron chi connectivity index (χ3n) is 5.55. The predicted molar refractivity (Wildman–Crippen MR) is 132 cm³/mol. The van der Waals surface area contributed by atoms with Crippen molar-refractivity contribution < 1.29 is 4.79 Å². The van der Waals surface area contributed by atoms with Crippen molar-refractivity contribution in [3.05, 3.63) is 93.7 Å². The Kier molecular flexibility index (Phi) is 4.98. The molecule has 2 heterocycles. The van der Waals surface area contributed by atoms with Gasteiger partial charge in [0.05, 0.1) is 16.6 Å². The summed E-state index contributed by atoms with van der Waals surface area (Å²) in [5.41, 5.74) is 2.34. The molecular weight excluding hydrogens is 436 g/mol. The maximum Gasteiger partial charge on any atom is 0.278 e. The molecule has 5 aromatic rings. The van der Waals surface area contributed by atoms with Gasteiger partial charge in [-0.05, 0) is 56.7 Å². The Morgan fingerprint density at radius 1 is 0.970 bits per heavy atom. The molecule has 7 heteroatoms. The van der Waals surface area contributed by atoms with E-state index in [9.17, 15) is 9.59 Å². The molecule has 0 aliphatic carbocycles. The fourth-order valence-electron chi connectivity index (χ4n) is 4.26. The van der Waals surface area contributed by atoms with Gasteiger partial charge in [0.2, 0.25) is 5.91 Å². The van der Waals surface area contributed by atoms with E-state index in [1.54, 1.807) is 27.3 Å². The minimum Gasteiger partial charge on any atom is -0.349 e. The molecule has 0 spiro atoms. The number of carbonyl (C=O) groups excluding carboxylic acids is 1. The van der Waals surface area contributed by atoms with E-state index in [0.29, 0.717) is 27.0 Å². The van der Waals surface area contributed by atoms with Gasteiger partial charge >= 0.3 is 0 Å². The highest BCUT2D eigenvalue weighted by molar-refractivity contribution is 6.31. The summed E-state index contributed by atoms with van der Waals surface area (Å²) in [6.45, 7) is 5.77. The van der Waals surface area contributed by atoms with Crippen molar-refractivity contribution in [2.24, 2.45) is 0 Å². The molecule has 1 atom stereocenters. The van der Waals surface area contributed by atoms with Crippen LogP contribution in [-0.4, -0.2) is 25.6 Å². The van der Waals surface area contributed by atoms with E-state index < -0.39 is 11.6 Å². The van der Waals surface area contributed by atoms with Gasteiger partial charge in [-0.2, -0.15) is 5.10 Å². The molecular formula is C26H23ClN4O2. The summed E-state index contributed by atoms with van der Waals surface area (Å²) in [4.78, 5) is 27.7. The molecule has 0 aliphatic heterocycles. The molecule has 5 rings (SSSR count). The number of fused-ring (bicyclic) bond motifs is 5. The molecule has 1 amide bonds. The summed E-state index contributed by atoms with van der Waals surface area (Å²) < 4.78 is 3.23. The lowest BCUT2D eigenvalue weighted by molar-refractivity contribution is -0.124. The Labute approximate surface area is 195 Å². The van der Waals surface area contributed by atoms with Crippen molar-refractivity contribution in [2.45, 2.75) is 32.4 Å². The number of nitrogens with zero attached hydrogens (tertiary/aromatic N) is 3. The number of halogens is 1. The van der Waals surface area contributed by atoms with Gasteiger partial charge in [-0.1, -0.05) is 54.1 Å². The number of hydrogen-bond acceptors (Lipinski definition) is 3. The first-order chi connectivity index (χ1) is 15.7. The van der Waals surface area contributed by atoms with Crippen molar-refractivity contribution in [2.75, 3.05) is 0 Å². The summed E-state index contributed by atoms with van der Waals surface area (Å²) in [5.74, 6) is -0.253. The first-order valence-electron chi connectivity index (χ1n) is 10.7. The maximum absolute atomic E-state index is 14.1. The van der Waals surface area contributed by atoms with Gasteiger partial charge in [0, 0.05) is 15.9 Å². The smallest absolute Gasteiger partial charge is 0.278 e. The van der Waals surface area contributed by atoms with Crippen LogP contribution in [0, 0.1) is 0 Å². The summed E-state index contributed by atoms with van der Waals surface area (Å²) in [5, 5.41) is 8.95. The average molecular weight is 459 g/mol. The van der Waals surface area contributed by atoms with E-state index >= 15 is 0 Å². The molecule has 1 N–H and O–H groups in total. The zero-order valence-electron chi connectivity index (χ0n) is 18.5. The van der Waals surface area contributed by atoms with E-state index in [1.165, 1.54) is 0 Å². The molecule has 0 aliphatic rings. The SMILES string of the molecule is CC(C)(C)NC(=O)C(c1ccccc1)n1c(=O)c2c3ccc(Cl)cc3nn2c2ccccc21. The van der Waals surface area contributed by atoms with E-state index in [1.807, 2.05) is 75.4 Å². The molecule has 1 unspecified atom stereocenters. The topological polar surface area (TPSA) is 68.4 Å². The number of rotatable bonds is 3. The van der Waals surface area contributed by atoms with Gasteiger partial charge in [-0.3, -0.25) is 14.2 Å². The second kappa shape index (κ2) is 7.74. The molecule has 6 nitrogen and oxygen atoms in total. The van der Waals surface area contributed by atoms with Crippen LogP contribution >= 0.6 is 11.6 Å². The van der Waals surface area contributed by atoms with Crippen molar-refractivity contribution >= 4 is 45.0 Å². The molecule has 2 aromatic heterocycles. The maximum atomic E-state index is 14.1. The first-order valence-corrected chi connectivity index (χ1v) is 11.1.